The first-order valence-corrected chi connectivity index (χ1v) is 8.28. The zero-order chi connectivity index (χ0) is 17.4. The molecule has 2 aromatic heterocycles. The molecule has 0 bridgehead atoms. The van der Waals surface area contributed by atoms with E-state index in [0.717, 1.165) is 9.39 Å². The maximum Gasteiger partial charge on any atom is 0.255 e. The molecule has 0 aliphatic rings. The second kappa shape index (κ2) is 6.39. The van der Waals surface area contributed by atoms with Gasteiger partial charge in [-0.15, -0.1) is 0 Å². The molecule has 24 heavy (non-hydrogen) atoms. The second-order valence-electron chi connectivity index (χ2n) is 5.43. The van der Waals surface area contributed by atoms with Crippen LogP contribution in [0.5, 0.6) is 0 Å². The van der Waals surface area contributed by atoms with Crippen LogP contribution in [0.4, 0.5) is 10.2 Å². The van der Waals surface area contributed by atoms with Crippen molar-refractivity contribution in [3.8, 4) is 11.3 Å². The highest BCUT2D eigenvalue weighted by atomic mass is 127. The zero-order valence-corrected chi connectivity index (χ0v) is 15.5. The van der Waals surface area contributed by atoms with Crippen LogP contribution < -0.4 is 10.2 Å². The zero-order valence-electron chi connectivity index (χ0n) is 13.4. The Morgan fingerprint density at radius 2 is 1.96 bits per heavy atom. The van der Waals surface area contributed by atoms with Gasteiger partial charge in [-0.2, -0.15) is 4.98 Å². The minimum atomic E-state index is -0.348. The van der Waals surface area contributed by atoms with Crippen molar-refractivity contribution in [2.24, 2.45) is 0 Å². The summed E-state index contributed by atoms with van der Waals surface area (Å²) in [7, 11) is 5.34. The third-order valence-electron chi connectivity index (χ3n) is 3.60. The second-order valence-corrected chi connectivity index (χ2v) is 6.60. The van der Waals surface area contributed by atoms with Gasteiger partial charge in [0.1, 0.15) is 17.4 Å². The predicted octanol–water partition coefficient (Wildman–Crippen LogP) is 3.66. The van der Waals surface area contributed by atoms with Gasteiger partial charge in [0.05, 0.1) is 14.5 Å². The van der Waals surface area contributed by atoms with Gasteiger partial charge in [-0.05, 0) is 52.9 Å². The third-order valence-corrected chi connectivity index (χ3v) is 4.40. The Bertz CT molecular complexity index is 920. The fraction of sp³-hybridized carbons (Fsp3) is 0.176. The first-order valence-electron chi connectivity index (χ1n) is 7.20. The number of hydrogen-bond acceptors (Lipinski definition) is 4. The lowest BCUT2D eigenvalue weighted by molar-refractivity contribution is 0.0964. The number of halogens is 2. The molecule has 5 nitrogen and oxygen atoms in total. The quantitative estimate of drug-likeness (QED) is 0.633. The van der Waals surface area contributed by atoms with Crippen molar-refractivity contribution in [2.75, 3.05) is 26.0 Å². The highest BCUT2D eigenvalue weighted by Crippen LogP contribution is 2.35. The molecular formula is C17H15FIN3O2. The van der Waals surface area contributed by atoms with Crippen molar-refractivity contribution in [2.45, 2.75) is 0 Å². The molecule has 0 radical (unpaired) electrons. The number of nitrogens with zero attached hydrogens (tertiary/aromatic N) is 2. The number of rotatable bonds is 3. The maximum atomic E-state index is 13.2. The van der Waals surface area contributed by atoms with E-state index in [2.05, 4.69) is 32.9 Å². The molecule has 0 aliphatic heterocycles. The summed E-state index contributed by atoms with van der Waals surface area (Å²) in [5, 5.41) is 3.25. The first-order chi connectivity index (χ1) is 11.4. The Morgan fingerprint density at radius 1 is 1.29 bits per heavy atom. The fourth-order valence-electron chi connectivity index (χ4n) is 2.46. The van der Waals surface area contributed by atoms with Crippen LogP contribution in [-0.2, 0) is 0 Å². The number of nitrogens with one attached hydrogen (secondary N) is 1. The lowest BCUT2D eigenvalue weighted by Gasteiger charge is -2.12. The van der Waals surface area contributed by atoms with Crippen molar-refractivity contribution in [1.29, 1.82) is 0 Å². The largest absolute Gasteiger partial charge is 0.437 e. The molecule has 124 valence electrons. The van der Waals surface area contributed by atoms with Crippen molar-refractivity contribution in [3.05, 3.63) is 45.3 Å². The van der Waals surface area contributed by atoms with Crippen LogP contribution in [0.2, 0.25) is 0 Å². The summed E-state index contributed by atoms with van der Waals surface area (Å²) in [5.74, 6) is 0.511. The summed E-state index contributed by atoms with van der Waals surface area (Å²) in [6.07, 6.45) is 0. The highest BCUT2D eigenvalue weighted by molar-refractivity contribution is 14.1. The topological polar surface area (TPSA) is 58.4 Å². The Morgan fingerprint density at radius 3 is 2.54 bits per heavy atom. The molecule has 2 heterocycles. The van der Waals surface area contributed by atoms with E-state index in [0.29, 0.717) is 28.0 Å². The molecule has 0 spiro atoms. The normalized spacial score (nSPS) is 10.9. The maximum absolute atomic E-state index is 13.2. The van der Waals surface area contributed by atoms with Gasteiger partial charge in [0.25, 0.3) is 5.91 Å². The van der Waals surface area contributed by atoms with Crippen molar-refractivity contribution in [3.63, 3.8) is 0 Å². The monoisotopic (exact) mass is 439 g/mol. The molecule has 0 saturated heterocycles. The number of aromatic nitrogens is 1. The summed E-state index contributed by atoms with van der Waals surface area (Å²) in [4.78, 5) is 18.8. The summed E-state index contributed by atoms with van der Waals surface area (Å²) in [5.41, 5.74) is 1.39. The van der Waals surface area contributed by atoms with Crippen LogP contribution in [0.15, 0.2) is 34.7 Å². The molecule has 0 aliphatic carbocycles. The number of furan rings is 1. The highest BCUT2D eigenvalue weighted by Gasteiger charge is 2.23. The van der Waals surface area contributed by atoms with Gasteiger partial charge < -0.3 is 14.6 Å². The average molecular weight is 439 g/mol. The minimum Gasteiger partial charge on any atom is -0.437 e. The number of anilines is 1. The summed E-state index contributed by atoms with van der Waals surface area (Å²) in [6, 6.07) is 7.70. The van der Waals surface area contributed by atoms with E-state index in [1.54, 1.807) is 19.2 Å². The molecule has 3 rings (SSSR count). The van der Waals surface area contributed by atoms with Crippen LogP contribution >= 0.6 is 22.6 Å². The fourth-order valence-corrected chi connectivity index (χ4v) is 3.37. The van der Waals surface area contributed by atoms with Gasteiger partial charge >= 0.3 is 0 Å². The first kappa shape index (κ1) is 16.7. The molecule has 0 atom stereocenters. The van der Waals surface area contributed by atoms with Gasteiger partial charge in [0.15, 0.2) is 0 Å². The van der Waals surface area contributed by atoms with E-state index in [-0.39, 0.29) is 11.7 Å². The van der Waals surface area contributed by atoms with E-state index in [1.807, 2.05) is 25.1 Å². The Balaban J connectivity index is 2.31. The molecule has 0 fully saturated rings. The molecule has 3 aromatic rings. The van der Waals surface area contributed by atoms with Crippen molar-refractivity contribution < 1.29 is 13.6 Å². The Hall–Kier alpha value is -2.16. The van der Waals surface area contributed by atoms with Crippen LogP contribution in [-0.4, -0.2) is 32.0 Å². The molecule has 7 heteroatoms. The molecule has 0 unspecified atom stereocenters. The molecule has 1 amide bonds. The number of hydrogen-bond donors (Lipinski definition) is 1. The standard InChI is InChI=1S/C17H15FIN3O2/c1-20-16(23)13-11-8-12(19)15(22(2)3)21-17(11)24-14(13)9-4-6-10(18)7-5-9/h4-8H,1-3H3,(H,20,23). The SMILES string of the molecule is CNC(=O)c1c(-c2ccc(F)cc2)oc2nc(N(C)C)c(I)cc12. The van der Waals surface area contributed by atoms with Crippen molar-refractivity contribution >= 4 is 45.4 Å². The van der Waals surface area contributed by atoms with E-state index >= 15 is 0 Å². The van der Waals surface area contributed by atoms with Gasteiger partial charge in [-0.3, -0.25) is 4.79 Å². The van der Waals surface area contributed by atoms with Gasteiger partial charge in [0, 0.05) is 26.7 Å². The molecule has 0 saturated carbocycles. The van der Waals surface area contributed by atoms with Crippen molar-refractivity contribution in [1.82, 2.24) is 10.3 Å². The molecule has 1 N–H and O–H groups in total. The predicted molar refractivity (Wildman–Crippen MR) is 99.8 cm³/mol. The number of benzene rings is 1. The van der Waals surface area contributed by atoms with Gasteiger partial charge in [-0.1, -0.05) is 0 Å². The Labute approximate surface area is 152 Å². The van der Waals surface area contributed by atoms with Gasteiger partial charge in [-0.25, -0.2) is 4.39 Å². The van der Waals surface area contributed by atoms with E-state index < -0.39 is 0 Å². The number of fused-ring (bicyclic) bond motifs is 1. The van der Waals surface area contributed by atoms with E-state index in [1.165, 1.54) is 12.1 Å². The average Bonchev–Trinajstić information content (AvgIpc) is 2.92. The minimum absolute atomic E-state index is 0.275. The lowest BCUT2D eigenvalue weighted by Crippen LogP contribution is -2.18. The van der Waals surface area contributed by atoms with Crippen LogP contribution in [0.1, 0.15) is 10.4 Å². The Kier molecular flexibility index (Phi) is 4.44. The van der Waals surface area contributed by atoms with Crippen LogP contribution in [0, 0.1) is 9.39 Å². The summed E-state index contributed by atoms with van der Waals surface area (Å²) >= 11 is 2.18. The van der Waals surface area contributed by atoms with Crippen LogP contribution in [0.3, 0.4) is 0 Å². The summed E-state index contributed by atoms with van der Waals surface area (Å²) < 4.78 is 20.0. The third kappa shape index (κ3) is 2.83. The number of carbonyl (C=O) groups excluding carboxylic acids is 1. The molecular weight excluding hydrogens is 424 g/mol. The van der Waals surface area contributed by atoms with Crippen LogP contribution in [0.25, 0.3) is 22.4 Å². The number of carbonyl (C=O) groups is 1. The van der Waals surface area contributed by atoms with Gasteiger partial charge in [0.2, 0.25) is 5.71 Å². The number of amides is 1. The smallest absolute Gasteiger partial charge is 0.255 e. The molecule has 1 aromatic carbocycles. The number of pyridine rings is 1. The summed E-state index contributed by atoms with van der Waals surface area (Å²) in [6.45, 7) is 0. The van der Waals surface area contributed by atoms with E-state index in [9.17, 15) is 9.18 Å². The lowest BCUT2D eigenvalue weighted by atomic mass is 10.1. The van der Waals surface area contributed by atoms with E-state index in [4.69, 9.17) is 4.42 Å².